The second-order valence-electron chi connectivity index (χ2n) is 2.49. The van der Waals surface area contributed by atoms with Gasteiger partial charge >= 0.3 is 0 Å². The summed E-state index contributed by atoms with van der Waals surface area (Å²) in [6.45, 7) is 0. The van der Waals surface area contributed by atoms with Gasteiger partial charge in [0.25, 0.3) is 11.4 Å². The molecule has 15 heavy (non-hydrogen) atoms. The third-order valence-corrected chi connectivity index (χ3v) is 1.92. The topological polar surface area (TPSA) is 103 Å². The zero-order valence-electron chi connectivity index (χ0n) is 7.05. The highest BCUT2D eigenvalue weighted by Crippen LogP contribution is 2.31. The lowest BCUT2D eigenvalue weighted by atomic mass is 10.2. The second-order valence-corrected chi connectivity index (χ2v) is 2.90. The average molecular weight is 231 g/mol. The van der Waals surface area contributed by atoms with E-state index in [1.54, 1.807) is 0 Å². The molecule has 8 heteroatoms. The standard InChI is InChI=1S/C7H3ClN2O5/c8-5-1-4(3-11)6(9(12)13)2-7(5)10(14)15/h1-3H. The van der Waals surface area contributed by atoms with Crippen molar-refractivity contribution in [1.29, 1.82) is 0 Å². The number of nitro groups is 2. The molecule has 7 nitrogen and oxygen atoms in total. The Balaban J connectivity index is 3.50. The number of carbonyl (C=O) groups excluding carboxylic acids is 1. The molecule has 0 saturated heterocycles. The molecule has 0 fully saturated rings. The van der Waals surface area contributed by atoms with Crippen LogP contribution in [0.25, 0.3) is 0 Å². The summed E-state index contributed by atoms with van der Waals surface area (Å²) in [6, 6.07) is 1.55. The van der Waals surface area contributed by atoms with Gasteiger partial charge in [-0.3, -0.25) is 25.0 Å². The van der Waals surface area contributed by atoms with Crippen molar-refractivity contribution < 1.29 is 14.6 Å². The summed E-state index contributed by atoms with van der Waals surface area (Å²) in [5, 5.41) is 20.5. The van der Waals surface area contributed by atoms with Gasteiger partial charge in [0, 0.05) is 0 Å². The summed E-state index contributed by atoms with van der Waals surface area (Å²) in [5.41, 5.74) is -1.54. The van der Waals surface area contributed by atoms with Crippen LogP contribution < -0.4 is 0 Å². The SMILES string of the molecule is O=Cc1cc(Cl)c([N+](=O)[O-])cc1[N+](=O)[O-]. The van der Waals surface area contributed by atoms with Crippen LogP contribution in [0.3, 0.4) is 0 Å². The number of benzene rings is 1. The molecule has 0 aliphatic carbocycles. The molecule has 0 aliphatic rings. The van der Waals surface area contributed by atoms with Crippen LogP contribution in [0.2, 0.25) is 5.02 Å². The maximum atomic E-state index is 10.4. The smallest absolute Gasteiger partial charge is 0.294 e. The van der Waals surface area contributed by atoms with Gasteiger partial charge in [-0.25, -0.2) is 0 Å². The Hall–Kier alpha value is -2.02. The van der Waals surface area contributed by atoms with Crippen LogP contribution in [0.1, 0.15) is 10.4 Å². The van der Waals surface area contributed by atoms with E-state index in [0.29, 0.717) is 6.07 Å². The Morgan fingerprint density at radius 2 is 1.67 bits per heavy atom. The van der Waals surface area contributed by atoms with Gasteiger partial charge in [-0.1, -0.05) is 11.6 Å². The van der Waals surface area contributed by atoms with Crippen molar-refractivity contribution in [3.63, 3.8) is 0 Å². The number of halogens is 1. The molecule has 1 aromatic carbocycles. The summed E-state index contributed by atoms with van der Waals surface area (Å²) >= 11 is 5.46. The first-order valence-corrected chi connectivity index (χ1v) is 3.92. The molecule has 1 rings (SSSR count). The molecule has 0 spiro atoms. The van der Waals surface area contributed by atoms with Crippen LogP contribution in [0.5, 0.6) is 0 Å². The van der Waals surface area contributed by atoms with E-state index < -0.39 is 21.2 Å². The van der Waals surface area contributed by atoms with Gasteiger partial charge in [-0.15, -0.1) is 0 Å². The second kappa shape index (κ2) is 4.01. The molecule has 78 valence electrons. The molecule has 0 amide bonds. The lowest BCUT2D eigenvalue weighted by Gasteiger charge is -1.98. The highest BCUT2D eigenvalue weighted by molar-refractivity contribution is 6.33. The predicted octanol–water partition coefficient (Wildman–Crippen LogP) is 1.97. The van der Waals surface area contributed by atoms with Gasteiger partial charge in [-0.05, 0) is 6.07 Å². The van der Waals surface area contributed by atoms with E-state index in [2.05, 4.69) is 0 Å². The molecule has 0 aromatic heterocycles. The quantitative estimate of drug-likeness (QED) is 0.448. The Labute approximate surface area is 87.6 Å². The van der Waals surface area contributed by atoms with Crippen LogP contribution in [-0.4, -0.2) is 16.1 Å². The first kappa shape index (κ1) is 11.1. The fourth-order valence-electron chi connectivity index (χ4n) is 0.959. The van der Waals surface area contributed by atoms with Crippen LogP contribution in [0.15, 0.2) is 12.1 Å². The van der Waals surface area contributed by atoms with Crippen molar-refractivity contribution in [2.75, 3.05) is 0 Å². The lowest BCUT2D eigenvalue weighted by Crippen LogP contribution is -1.97. The Kier molecular flexibility index (Phi) is 2.96. The van der Waals surface area contributed by atoms with Gasteiger partial charge < -0.3 is 0 Å². The van der Waals surface area contributed by atoms with Crippen molar-refractivity contribution in [2.45, 2.75) is 0 Å². The fourth-order valence-corrected chi connectivity index (χ4v) is 1.20. The van der Waals surface area contributed by atoms with Gasteiger partial charge in [-0.2, -0.15) is 0 Å². The highest BCUT2D eigenvalue weighted by Gasteiger charge is 2.22. The zero-order chi connectivity index (χ0) is 11.6. The number of hydrogen-bond donors (Lipinski definition) is 0. The fraction of sp³-hybridized carbons (Fsp3) is 0. The molecule has 0 aliphatic heterocycles. The number of aldehydes is 1. The Morgan fingerprint density at radius 1 is 1.13 bits per heavy atom. The summed E-state index contributed by atoms with van der Waals surface area (Å²) in [6.07, 6.45) is 0.216. The monoisotopic (exact) mass is 230 g/mol. The minimum absolute atomic E-state index is 0.216. The molecule has 0 unspecified atom stereocenters. The van der Waals surface area contributed by atoms with E-state index in [1.165, 1.54) is 0 Å². The van der Waals surface area contributed by atoms with Crippen molar-refractivity contribution in [3.8, 4) is 0 Å². The van der Waals surface area contributed by atoms with Crippen LogP contribution in [-0.2, 0) is 0 Å². The van der Waals surface area contributed by atoms with Crippen LogP contribution in [0, 0.1) is 20.2 Å². The first-order valence-electron chi connectivity index (χ1n) is 3.55. The van der Waals surface area contributed by atoms with E-state index in [-0.39, 0.29) is 16.9 Å². The minimum atomic E-state index is -0.882. The van der Waals surface area contributed by atoms with E-state index in [4.69, 9.17) is 11.6 Å². The molecule has 1 aromatic rings. The molecular weight excluding hydrogens is 228 g/mol. The largest absolute Gasteiger partial charge is 0.298 e. The Bertz CT molecular complexity index is 459. The summed E-state index contributed by atoms with van der Waals surface area (Å²) < 4.78 is 0. The number of nitrogens with zero attached hydrogens (tertiary/aromatic N) is 2. The summed E-state index contributed by atoms with van der Waals surface area (Å²) in [7, 11) is 0. The molecule has 0 bridgehead atoms. The van der Waals surface area contributed by atoms with Crippen molar-refractivity contribution in [1.82, 2.24) is 0 Å². The van der Waals surface area contributed by atoms with Crippen LogP contribution >= 0.6 is 11.6 Å². The van der Waals surface area contributed by atoms with E-state index >= 15 is 0 Å². The maximum Gasteiger partial charge on any atom is 0.294 e. The number of nitro benzene ring substituents is 2. The number of hydrogen-bond acceptors (Lipinski definition) is 5. The highest BCUT2D eigenvalue weighted by atomic mass is 35.5. The average Bonchev–Trinajstić information content (AvgIpc) is 2.16. The summed E-state index contributed by atoms with van der Waals surface area (Å²) in [5.74, 6) is 0. The third kappa shape index (κ3) is 2.08. The first-order chi connectivity index (χ1) is 6.97. The van der Waals surface area contributed by atoms with E-state index in [9.17, 15) is 25.0 Å². The van der Waals surface area contributed by atoms with E-state index in [1.807, 2.05) is 0 Å². The van der Waals surface area contributed by atoms with Gasteiger partial charge in [0.1, 0.15) is 5.02 Å². The molecular formula is C7H3ClN2O5. The van der Waals surface area contributed by atoms with Gasteiger partial charge in [0.15, 0.2) is 6.29 Å². The molecule has 0 N–H and O–H groups in total. The Morgan fingerprint density at radius 3 is 2.07 bits per heavy atom. The molecule has 0 radical (unpaired) electrons. The van der Waals surface area contributed by atoms with E-state index in [0.717, 1.165) is 6.07 Å². The van der Waals surface area contributed by atoms with Gasteiger partial charge in [0.2, 0.25) is 0 Å². The predicted molar refractivity (Wildman–Crippen MR) is 50.1 cm³/mol. The maximum absolute atomic E-state index is 10.4. The molecule has 0 atom stereocenters. The third-order valence-electron chi connectivity index (χ3n) is 1.62. The number of carbonyl (C=O) groups is 1. The van der Waals surface area contributed by atoms with Crippen LogP contribution in [0.4, 0.5) is 11.4 Å². The van der Waals surface area contributed by atoms with Crippen molar-refractivity contribution in [2.24, 2.45) is 0 Å². The molecule has 0 saturated carbocycles. The summed E-state index contributed by atoms with van der Waals surface area (Å²) in [4.78, 5) is 29.5. The van der Waals surface area contributed by atoms with Crippen molar-refractivity contribution >= 4 is 29.3 Å². The lowest BCUT2D eigenvalue weighted by molar-refractivity contribution is -0.394. The van der Waals surface area contributed by atoms with Crippen molar-refractivity contribution in [3.05, 3.63) is 42.9 Å². The normalized spacial score (nSPS) is 9.67. The minimum Gasteiger partial charge on any atom is -0.298 e. The van der Waals surface area contributed by atoms with Gasteiger partial charge in [0.05, 0.1) is 21.5 Å². The number of rotatable bonds is 3. The molecule has 0 heterocycles. The zero-order valence-corrected chi connectivity index (χ0v) is 7.80.